The number of aryl methyl sites for hydroxylation is 1. The van der Waals surface area contributed by atoms with Crippen LogP contribution in [-0.4, -0.2) is 22.2 Å². The summed E-state index contributed by atoms with van der Waals surface area (Å²) in [4.78, 5) is 23.3. The van der Waals surface area contributed by atoms with Gasteiger partial charge in [-0.15, -0.1) is 0 Å². The zero-order valence-electron chi connectivity index (χ0n) is 15.3. The number of carboxylic acid groups (broad SMARTS) is 2. The fraction of sp³-hybridized carbons (Fsp3) is 0.600. The van der Waals surface area contributed by atoms with Crippen LogP contribution < -0.4 is 0 Å². The highest BCUT2D eigenvalue weighted by Gasteiger charge is 2.21. The molecule has 24 heavy (non-hydrogen) atoms. The van der Waals surface area contributed by atoms with Crippen molar-refractivity contribution >= 4 is 11.9 Å². The molecule has 2 N–H and O–H groups in total. The third kappa shape index (κ3) is 5.99. The molecule has 0 atom stereocenters. The molecule has 0 fully saturated rings. The number of hydrogen-bond acceptors (Lipinski definition) is 2. The Morgan fingerprint density at radius 1 is 0.875 bits per heavy atom. The van der Waals surface area contributed by atoms with Crippen LogP contribution in [0.15, 0.2) is 12.1 Å². The summed E-state index contributed by atoms with van der Waals surface area (Å²) >= 11 is 0. The van der Waals surface area contributed by atoms with Crippen LogP contribution in [0, 0.1) is 11.8 Å². The Balaban J connectivity index is 3.16. The molecule has 4 heteroatoms. The molecule has 1 rings (SSSR count). The molecule has 0 saturated heterocycles. The Morgan fingerprint density at radius 2 is 1.42 bits per heavy atom. The van der Waals surface area contributed by atoms with Gasteiger partial charge in [0, 0.05) is 0 Å². The van der Waals surface area contributed by atoms with Crippen LogP contribution in [-0.2, 0) is 12.8 Å². The van der Waals surface area contributed by atoms with Gasteiger partial charge in [0.15, 0.2) is 0 Å². The minimum Gasteiger partial charge on any atom is -0.478 e. The van der Waals surface area contributed by atoms with E-state index in [1.807, 2.05) is 0 Å². The van der Waals surface area contributed by atoms with E-state index in [0.29, 0.717) is 30.2 Å². The maximum atomic E-state index is 11.8. The average molecular weight is 334 g/mol. The van der Waals surface area contributed by atoms with E-state index in [4.69, 9.17) is 0 Å². The average Bonchev–Trinajstić information content (AvgIpc) is 2.45. The zero-order chi connectivity index (χ0) is 18.3. The molecule has 0 spiro atoms. The van der Waals surface area contributed by atoms with Crippen LogP contribution in [0.1, 0.15) is 85.2 Å². The van der Waals surface area contributed by atoms with Crippen LogP contribution in [0.2, 0.25) is 0 Å². The first-order chi connectivity index (χ1) is 11.2. The molecule has 0 saturated carbocycles. The van der Waals surface area contributed by atoms with Crippen molar-refractivity contribution in [2.24, 2.45) is 11.8 Å². The summed E-state index contributed by atoms with van der Waals surface area (Å²) in [7, 11) is 0. The van der Waals surface area contributed by atoms with Gasteiger partial charge in [-0.1, -0.05) is 46.6 Å². The second-order valence-corrected chi connectivity index (χ2v) is 7.31. The monoisotopic (exact) mass is 334 g/mol. The lowest BCUT2D eigenvalue weighted by Crippen LogP contribution is -2.14. The molecule has 0 aliphatic rings. The summed E-state index contributed by atoms with van der Waals surface area (Å²) < 4.78 is 0. The van der Waals surface area contributed by atoms with Crippen LogP contribution in [0.5, 0.6) is 0 Å². The maximum absolute atomic E-state index is 11.8. The van der Waals surface area contributed by atoms with Crippen LogP contribution in [0.4, 0.5) is 0 Å². The molecule has 0 unspecified atom stereocenters. The van der Waals surface area contributed by atoms with Crippen molar-refractivity contribution in [3.8, 4) is 0 Å². The molecule has 0 heterocycles. The highest BCUT2D eigenvalue weighted by Crippen LogP contribution is 2.25. The summed E-state index contributed by atoms with van der Waals surface area (Å²) in [6.07, 6.45) is 4.87. The minimum absolute atomic E-state index is 0.128. The molecule has 0 aromatic heterocycles. The molecule has 0 aliphatic heterocycles. The second-order valence-electron chi connectivity index (χ2n) is 7.31. The van der Waals surface area contributed by atoms with Gasteiger partial charge in [0.2, 0.25) is 0 Å². The Bertz CT molecular complexity index is 573. The van der Waals surface area contributed by atoms with Crippen LogP contribution in [0.25, 0.3) is 0 Å². The van der Waals surface area contributed by atoms with E-state index in [0.717, 1.165) is 31.2 Å². The normalized spacial score (nSPS) is 11.2. The quantitative estimate of drug-likeness (QED) is 0.628. The molecule has 1 aromatic rings. The Kier molecular flexibility index (Phi) is 7.96. The molecular weight excluding hydrogens is 304 g/mol. The second kappa shape index (κ2) is 9.45. The van der Waals surface area contributed by atoms with Gasteiger partial charge in [0.25, 0.3) is 0 Å². The van der Waals surface area contributed by atoms with Gasteiger partial charge >= 0.3 is 11.9 Å². The summed E-state index contributed by atoms with van der Waals surface area (Å²) in [5.74, 6) is -0.981. The Labute approximate surface area is 144 Å². The largest absolute Gasteiger partial charge is 0.478 e. The number of benzene rings is 1. The molecule has 0 amide bonds. The van der Waals surface area contributed by atoms with Gasteiger partial charge in [-0.3, -0.25) is 0 Å². The first-order valence-corrected chi connectivity index (χ1v) is 8.85. The third-order valence-corrected chi connectivity index (χ3v) is 4.28. The number of carboxylic acids is 2. The van der Waals surface area contributed by atoms with E-state index >= 15 is 0 Å². The van der Waals surface area contributed by atoms with Crippen molar-refractivity contribution in [2.45, 2.75) is 66.2 Å². The van der Waals surface area contributed by atoms with Crippen molar-refractivity contribution in [1.82, 2.24) is 0 Å². The van der Waals surface area contributed by atoms with Crippen molar-refractivity contribution in [3.63, 3.8) is 0 Å². The van der Waals surface area contributed by atoms with E-state index in [1.54, 1.807) is 12.1 Å². The summed E-state index contributed by atoms with van der Waals surface area (Å²) in [6, 6.07) is 3.25. The van der Waals surface area contributed by atoms with Gasteiger partial charge < -0.3 is 10.2 Å². The Hall–Kier alpha value is -1.84. The predicted octanol–water partition coefficient (Wildman–Crippen LogP) is 5.04. The first kappa shape index (κ1) is 20.2. The van der Waals surface area contributed by atoms with E-state index in [1.165, 1.54) is 0 Å². The zero-order valence-corrected chi connectivity index (χ0v) is 15.3. The molecule has 0 radical (unpaired) electrons. The lowest BCUT2D eigenvalue weighted by atomic mass is 9.89. The van der Waals surface area contributed by atoms with E-state index in [9.17, 15) is 19.8 Å². The molecular formula is C20H30O4. The van der Waals surface area contributed by atoms with Crippen molar-refractivity contribution in [2.75, 3.05) is 0 Å². The predicted molar refractivity (Wildman–Crippen MR) is 95.9 cm³/mol. The number of hydrogen-bond donors (Lipinski definition) is 2. The van der Waals surface area contributed by atoms with E-state index in [2.05, 4.69) is 27.7 Å². The van der Waals surface area contributed by atoms with Crippen LogP contribution in [0.3, 0.4) is 0 Å². The topological polar surface area (TPSA) is 74.6 Å². The van der Waals surface area contributed by atoms with Crippen molar-refractivity contribution in [1.29, 1.82) is 0 Å². The smallest absolute Gasteiger partial charge is 0.336 e. The summed E-state index contributed by atoms with van der Waals surface area (Å²) in [6.45, 7) is 8.50. The van der Waals surface area contributed by atoms with Gasteiger partial charge in [-0.05, 0) is 54.7 Å². The molecule has 0 bridgehead atoms. The van der Waals surface area contributed by atoms with Crippen LogP contribution >= 0.6 is 0 Å². The van der Waals surface area contributed by atoms with Gasteiger partial charge in [-0.25, -0.2) is 9.59 Å². The minimum atomic E-state index is -1.05. The fourth-order valence-electron chi connectivity index (χ4n) is 3.02. The number of carbonyl (C=O) groups is 2. The molecule has 0 aliphatic carbocycles. The van der Waals surface area contributed by atoms with E-state index in [-0.39, 0.29) is 11.1 Å². The van der Waals surface area contributed by atoms with Gasteiger partial charge in [0.05, 0.1) is 11.1 Å². The highest BCUT2D eigenvalue weighted by molar-refractivity contribution is 5.97. The van der Waals surface area contributed by atoms with E-state index < -0.39 is 11.9 Å². The van der Waals surface area contributed by atoms with Crippen molar-refractivity contribution < 1.29 is 19.8 Å². The number of aromatic carboxylic acids is 2. The van der Waals surface area contributed by atoms with Gasteiger partial charge in [0.1, 0.15) is 0 Å². The maximum Gasteiger partial charge on any atom is 0.336 e. The standard InChI is InChI=1S/C20H30O4/c1-13(2)7-5-9-15-11-12-17(19(21)22)16(18(15)20(23)24)10-6-8-14(3)4/h11-14H,5-10H2,1-4H3,(H,21,22)(H,23,24). The third-order valence-electron chi connectivity index (χ3n) is 4.28. The summed E-state index contributed by atoms with van der Waals surface area (Å²) in [5.41, 5.74) is 1.58. The Morgan fingerprint density at radius 3 is 1.88 bits per heavy atom. The highest BCUT2D eigenvalue weighted by atomic mass is 16.4. The van der Waals surface area contributed by atoms with Gasteiger partial charge in [-0.2, -0.15) is 0 Å². The molecule has 1 aromatic carbocycles. The SMILES string of the molecule is CC(C)CCCc1ccc(C(=O)O)c(CCCC(C)C)c1C(=O)O. The summed E-state index contributed by atoms with van der Waals surface area (Å²) in [5, 5.41) is 19.1. The lowest BCUT2D eigenvalue weighted by Gasteiger charge is -2.15. The lowest BCUT2D eigenvalue weighted by molar-refractivity contribution is 0.0694. The molecule has 134 valence electrons. The first-order valence-electron chi connectivity index (χ1n) is 8.85. The number of rotatable bonds is 10. The fourth-order valence-corrected chi connectivity index (χ4v) is 3.02. The van der Waals surface area contributed by atoms with Crippen molar-refractivity contribution in [3.05, 3.63) is 34.4 Å². The molecule has 4 nitrogen and oxygen atoms in total.